The van der Waals surface area contributed by atoms with Crippen LogP contribution in [0.4, 0.5) is 0 Å². The number of rotatable bonds is 5. The maximum Gasteiger partial charge on any atom is 0.255 e. The molecule has 2 aliphatic rings. The number of nitrogens with zero attached hydrogens (tertiary/aromatic N) is 3. The van der Waals surface area contributed by atoms with Crippen LogP contribution in [0.25, 0.3) is 10.9 Å². The zero-order valence-corrected chi connectivity index (χ0v) is 17.5. The minimum Gasteiger partial charge on any atom is -0.343 e. The van der Waals surface area contributed by atoms with E-state index in [1.165, 1.54) is 16.8 Å². The van der Waals surface area contributed by atoms with Gasteiger partial charge in [-0.3, -0.25) is 9.89 Å². The Labute approximate surface area is 181 Å². The van der Waals surface area contributed by atoms with Crippen LogP contribution in [0.3, 0.4) is 0 Å². The molecule has 1 saturated carbocycles. The van der Waals surface area contributed by atoms with Gasteiger partial charge in [-0.15, -0.1) is 0 Å². The van der Waals surface area contributed by atoms with Crippen LogP contribution >= 0.6 is 0 Å². The predicted octanol–water partition coefficient (Wildman–Crippen LogP) is 4.57. The fourth-order valence-corrected chi connectivity index (χ4v) is 5.08. The zero-order chi connectivity index (χ0) is 20.8. The Kier molecular flexibility index (Phi) is 4.41. The number of carbonyl (C=O) groups excluding carboxylic acids is 1. The molecular formula is C26H26N4O. The molecule has 0 radical (unpaired) electrons. The smallest absolute Gasteiger partial charge is 0.255 e. The molecule has 0 aliphatic heterocycles. The molecule has 0 saturated heterocycles. The third-order valence-corrected chi connectivity index (χ3v) is 6.79. The van der Waals surface area contributed by atoms with Crippen LogP contribution in [-0.2, 0) is 19.4 Å². The maximum atomic E-state index is 13.9. The van der Waals surface area contributed by atoms with Crippen molar-refractivity contribution in [3.63, 3.8) is 0 Å². The lowest BCUT2D eigenvalue weighted by Gasteiger charge is -2.34. The van der Waals surface area contributed by atoms with E-state index in [0.29, 0.717) is 6.04 Å². The predicted molar refractivity (Wildman–Crippen MR) is 121 cm³/mol. The molecule has 1 atom stereocenters. The standard InChI is InChI=1S/C26H26N4O/c31-26(30(20-9-10-20)21-11-12-24-19(15-21)16-27-28-24)23-7-4-8-25-22(23)13-14-29(25)17-18-5-2-1-3-6-18/h1-8,13-14,16,20-21H,9-12,15,17H2,(H,27,28). The first-order chi connectivity index (χ1) is 15.3. The van der Waals surface area contributed by atoms with Gasteiger partial charge in [-0.05, 0) is 61.4 Å². The maximum absolute atomic E-state index is 13.9. The second-order valence-corrected chi connectivity index (χ2v) is 8.87. The van der Waals surface area contributed by atoms with Crippen molar-refractivity contribution >= 4 is 16.8 Å². The van der Waals surface area contributed by atoms with Gasteiger partial charge >= 0.3 is 0 Å². The first-order valence-electron chi connectivity index (χ1n) is 11.2. The number of benzene rings is 2. The average molecular weight is 411 g/mol. The lowest BCUT2D eigenvalue weighted by atomic mass is 9.91. The number of nitrogens with one attached hydrogen (secondary N) is 1. The number of H-pyrrole nitrogens is 1. The normalized spacial score (nSPS) is 18.1. The Morgan fingerprint density at radius 1 is 1.03 bits per heavy atom. The molecule has 5 heteroatoms. The van der Waals surface area contributed by atoms with Crippen molar-refractivity contribution in [2.75, 3.05) is 0 Å². The Hall–Kier alpha value is -3.34. The molecule has 5 nitrogen and oxygen atoms in total. The van der Waals surface area contributed by atoms with Crippen molar-refractivity contribution in [1.29, 1.82) is 0 Å². The van der Waals surface area contributed by atoms with Crippen LogP contribution in [0.5, 0.6) is 0 Å². The monoisotopic (exact) mass is 410 g/mol. The van der Waals surface area contributed by atoms with Gasteiger partial charge in [0.2, 0.25) is 0 Å². The Bertz CT molecular complexity index is 1230. The second-order valence-electron chi connectivity index (χ2n) is 8.87. The summed E-state index contributed by atoms with van der Waals surface area (Å²) < 4.78 is 2.24. The number of aromatic amines is 1. The quantitative estimate of drug-likeness (QED) is 0.524. The van der Waals surface area contributed by atoms with E-state index in [-0.39, 0.29) is 11.9 Å². The number of hydrogen-bond donors (Lipinski definition) is 1. The average Bonchev–Trinajstić information content (AvgIpc) is 3.37. The van der Waals surface area contributed by atoms with Gasteiger partial charge in [-0.2, -0.15) is 5.10 Å². The van der Waals surface area contributed by atoms with Crippen molar-refractivity contribution in [2.24, 2.45) is 0 Å². The summed E-state index contributed by atoms with van der Waals surface area (Å²) in [6.45, 7) is 0.806. The van der Waals surface area contributed by atoms with E-state index in [1.807, 2.05) is 24.4 Å². The fraction of sp³-hybridized carbons (Fsp3) is 0.308. The number of carbonyl (C=O) groups is 1. The highest BCUT2D eigenvalue weighted by atomic mass is 16.2. The molecule has 2 aromatic heterocycles. The van der Waals surface area contributed by atoms with Crippen molar-refractivity contribution < 1.29 is 4.79 Å². The van der Waals surface area contributed by atoms with E-state index in [9.17, 15) is 4.79 Å². The first kappa shape index (κ1) is 18.4. The van der Waals surface area contributed by atoms with E-state index in [1.54, 1.807) is 0 Å². The third kappa shape index (κ3) is 3.34. The Morgan fingerprint density at radius 2 is 1.90 bits per heavy atom. The lowest BCUT2D eigenvalue weighted by Crippen LogP contribution is -2.44. The summed E-state index contributed by atoms with van der Waals surface area (Å²) in [6.07, 6.45) is 9.18. The summed E-state index contributed by atoms with van der Waals surface area (Å²) in [6, 6.07) is 19.3. The molecule has 2 aliphatic carbocycles. The van der Waals surface area contributed by atoms with Crippen molar-refractivity contribution in [1.82, 2.24) is 19.7 Å². The van der Waals surface area contributed by atoms with Crippen LogP contribution in [-0.4, -0.2) is 37.7 Å². The van der Waals surface area contributed by atoms with Gasteiger partial charge < -0.3 is 9.47 Å². The zero-order valence-electron chi connectivity index (χ0n) is 17.5. The minimum atomic E-state index is 0.183. The number of amides is 1. The van der Waals surface area contributed by atoms with E-state index in [0.717, 1.165) is 55.1 Å². The molecule has 1 amide bonds. The van der Waals surface area contributed by atoms with E-state index >= 15 is 0 Å². The minimum absolute atomic E-state index is 0.183. The molecule has 0 spiro atoms. The van der Waals surface area contributed by atoms with Crippen molar-refractivity contribution in [3.05, 3.63) is 89.4 Å². The van der Waals surface area contributed by atoms with Crippen molar-refractivity contribution in [2.45, 2.75) is 50.7 Å². The van der Waals surface area contributed by atoms with Gasteiger partial charge in [-0.25, -0.2) is 0 Å². The highest BCUT2D eigenvalue weighted by molar-refractivity contribution is 6.07. The molecule has 31 heavy (non-hydrogen) atoms. The number of aryl methyl sites for hydroxylation is 1. The molecule has 2 heterocycles. The summed E-state index contributed by atoms with van der Waals surface area (Å²) in [7, 11) is 0. The van der Waals surface area contributed by atoms with Gasteiger partial charge in [0.25, 0.3) is 5.91 Å². The summed E-state index contributed by atoms with van der Waals surface area (Å²) in [5.41, 5.74) is 5.64. The number of fused-ring (bicyclic) bond motifs is 2. The van der Waals surface area contributed by atoms with Gasteiger partial charge in [-0.1, -0.05) is 36.4 Å². The van der Waals surface area contributed by atoms with Crippen molar-refractivity contribution in [3.8, 4) is 0 Å². The summed E-state index contributed by atoms with van der Waals surface area (Å²) in [4.78, 5) is 16.0. The summed E-state index contributed by atoms with van der Waals surface area (Å²) >= 11 is 0. The second kappa shape index (κ2) is 7.41. The molecule has 0 bridgehead atoms. The summed E-state index contributed by atoms with van der Waals surface area (Å²) in [5.74, 6) is 0.183. The highest BCUT2D eigenvalue weighted by Gasteiger charge is 2.39. The molecule has 1 fully saturated rings. The first-order valence-corrected chi connectivity index (χ1v) is 11.2. The third-order valence-electron chi connectivity index (χ3n) is 6.79. The topological polar surface area (TPSA) is 53.9 Å². The van der Waals surface area contributed by atoms with Crippen LogP contribution in [0.2, 0.25) is 0 Å². The molecule has 4 aromatic rings. The number of hydrogen-bond acceptors (Lipinski definition) is 2. The molecular weight excluding hydrogens is 384 g/mol. The van der Waals surface area contributed by atoms with Crippen LogP contribution in [0.1, 0.15) is 46.4 Å². The van der Waals surface area contributed by atoms with Gasteiger partial charge in [0.05, 0.1) is 5.69 Å². The SMILES string of the molecule is O=C(c1cccc2c1ccn2Cc1ccccc1)N(C1CC1)C1CCc2n[nH]cc2C1. The summed E-state index contributed by atoms with van der Waals surface area (Å²) in [5, 5.41) is 8.41. The van der Waals surface area contributed by atoms with Crippen LogP contribution in [0.15, 0.2) is 67.0 Å². The van der Waals surface area contributed by atoms with Gasteiger partial charge in [0, 0.05) is 47.5 Å². The van der Waals surface area contributed by atoms with E-state index in [4.69, 9.17) is 0 Å². The fourth-order valence-electron chi connectivity index (χ4n) is 5.08. The Morgan fingerprint density at radius 3 is 2.74 bits per heavy atom. The molecule has 1 unspecified atom stereocenters. The number of aromatic nitrogens is 3. The van der Waals surface area contributed by atoms with E-state index in [2.05, 4.69) is 62.3 Å². The van der Waals surface area contributed by atoms with E-state index < -0.39 is 0 Å². The largest absolute Gasteiger partial charge is 0.343 e. The lowest BCUT2D eigenvalue weighted by molar-refractivity contribution is 0.0645. The van der Waals surface area contributed by atoms with Gasteiger partial charge in [0.15, 0.2) is 0 Å². The molecule has 6 rings (SSSR count). The highest BCUT2D eigenvalue weighted by Crippen LogP contribution is 2.35. The van der Waals surface area contributed by atoms with Crippen LogP contribution in [0, 0.1) is 0 Å². The molecule has 1 N–H and O–H groups in total. The molecule has 2 aromatic carbocycles. The van der Waals surface area contributed by atoms with Gasteiger partial charge in [0.1, 0.15) is 0 Å². The Balaban J connectivity index is 1.33. The molecule has 156 valence electrons. The van der Waals surface area contributed by atoms with Crippen LogP contribution < -0.4 is 0 Å².